The molecule has 15 heavy (non-hydrogen) atoms. The van der Waals surface area contributed by atoms with Crippen molar-refractivity contribution in [3.05, 3.63) is 23.8 Å². The molecule has 0 aliphatic rings. The lowest BCUT2D eigenvalue weighted by atomic mass is 10.2. The van der Waals surface area contributed by atoms with E-state index in [1.54, 1.807) is 7.11 Å². The summed E-state index contributed by atoms with van der Waals surface area (Å²) in [6, 6.07) is 5.82. The highest BCUT2D eigenvalue weighted by atomic mass is 79.9. The Morgan fingerprint density at radius 3 is 2.67 bits per heavy atom. The summed E-state index contributed by atoms with van der Waals surface area (Å²) < 4.78 is 15.8. The number of hydrogen-bond acceptors (Lipinski definition) is 3. The first kappa shape index (κ1) is 12.3. The second kappa shape index (κ2) is 6.69. The summed E-state index contributed by atoms with van der Waals surface area (Å²) in [6.45, 7) is 2.79. The largest absolute Gasteiger partial charge is 0.490 e. The van der Waals surface area contributed by atoms with Crippen molar-refractivity contribution in [2.45, 2.75) is 12.3 Å². The number of methoxy groups -OCH3 is 1. The topological polar surface area (TPSA) is 27.7 Å². The summed E-state index contributed by atoms with van der Waals surface area (Å²) >= 11 is 3.41. The van der Waals surface area contributed by atoms with Crippen molar-refractivity contribution in [2.24, 2.45) is 0 Å². The van der Waals surface area contributed by atoms with Gasteiger partial charge >= 0.3 is 0 Å². The van der Waals surface area contributed by atoms with Gasteiger partial charge in [-0.1, -0.05) is 28.1 Å². The molecule has 1 aromatic carbocycles. The summed E-state index contributed by atoms with van der Waals surface area (Å²) in [5, 5.41) is 0.729. The van der Waals surface area contributed by atoms with E-state index in [-0.39, 0.29) is 6.79 Å². The number of alkyl halides is 1. The minimum Gasteiger partial charge on any atom is -0.490 e. The predicted octanol–water partition coefficient (Wildman–Crippen LogP) is 2.96. The van der Waals surface area contributed by atoms with Gasteiger partial charge in [0.2, 0.25) is 0 Å². The van der Waals surface area contributed by atoms with E-state index in [0.717, 1.165) is 22.4 Å². The third-order valence-corrected chi connectivity index (χ3v) is 2.43. The zero-order valence-corrected chi connectivity index (χ0v) is 10.5. The van der Waals surface area contributed by atoms with Crippen LogP contribution in [0, 0.1) is 0 Å². The molecule has 0 radical (unpaired) electrons. The maximum absolute atomic E-state index is 5.48. The highest BCUT2D eigenvalue weighted by Crippen LogP contribution is 2.32. The average molecular weight is 275 g/mol. The van der Waals surface area contributed by atoms with Crippen LogP contribution in [0.2, 0.25) is 0 Å². The van der Waals surface area contributed by atoms with Crippen LogP contribution in [0.3, 0.4) is 0 Å². The SMILES string of the molecule is CCOc1cccc(CBr)c1OCOC. The third-order valence-electron chi connectivity index (χ3n) is 1.83. The molecule has 0 spiro atoms. The molecule has 4 heteroatoms. The molecule has 0 unspecified atom stereocenters. The molecule has 0 fully saturated rings. The van der Waals surface area contributed by atoms with Crippen molar-refractivity contribution in [1.82, 2.24) is 0 Å². The van der Waals surface area contributed by atoms with Crippen LogP contribution < -0.4 is 9.47 Å². The Hall–Kier alpha value is -0.740. The Morgan fingerprint density at radius 2 is 2.07 bits per heavy atom. The Kier molecular flexibility index (Phi) is 5.50. The van der Waals surface area contributed by atoms with E-state index in [9.17, 15) is 0 Å². The molecule has 1 rings (SSSR count). The zero-order chi connectivity index (χ0) is 11.1. The van der Waals surface area contributed by atoms with Crippen LogP contribution in [-0.4, -0.2) is 20.5 Å². The van der Waals surface area contributed by atoms with Gasteiger partial charge in [0, 0.05) is 18.0 Å². The molecule has 0 bridgehead atoms. The maximum Gasteiger partial charge on any atom is 0.188 e. The van der Waals surface area contributed by atoms with Gasteiger partial charge in [0.1, 0.15) is 0 Å². The first-order valence-electron chi connectivity index (χ1n) is 4.75. The number of benzene rings is 1. The van der Waals surface area contributed by atoms with Crippen molar-refractivity contribution >= 4 is 15.9 Å². The van der Waals surface area contributed by atoms with Crippen LogP contribution in [0.4, 0.5) is 0 Å². The van der Waals surface area contributed by atoms with E-state index in [4.69, 9.17) is 14.2 Å². The van der Waals surface area contributed by atoms with Crippen LogP contribution in [0.25, 0.3) is 0 Å². The van der Waals surface area contributed by atoms with Gasteiger partial charge in [0.05, 0.1) is 6.61 Å². The summed E-state index contributed by atoms with van der Waals surface area (Å²) in [6.07, 6.45) is 0. The number of ether oxygens (including phenoxy) is 3. The van der Waals surface area contributed by atoms with Gasteiger partial charge in [-0.25, -0.2) is 0 Å². The van der Waals surface area contributed by atoms with Gasteiger partial charge in [-0.2, -0.15) is 0 Å². The van der Waals surface area contributed by atoms with E-state index < -0.39 is 0 Å². The molecule has 0 N–H and O–H groups in total. The van der Waals surface area contributed by atoms with Gasteiger partial charge in [-0.15, -0.1) is 0 Å². The summed E-state index contributed by atoms with van der Waals surface area (Å²) in [5.41, 5.74) is 1.05. The summed E-state index contributed by atoms with van der Waals surface area (Å²) in [7, 11) is 1.59. The average Bonchev–Trinajstić information content (AvgIpc) is 2.27. The van der Waals surface area contributed by atoms with Crippen LogP contribution in [0.15, 0.2) is 18.2 Å². The van der Waals surface area contributed by atoms with Gasteiger partial charge < -0.3 is 14.2 Å². The predicted molar refractivity (Wildman–Crippen MR) is 62.7 cm³/mol. The Bertz CT molecular complexity index is 302. The zero-order valence-electron chi connectivity index (χ0n) is 8.96. The molecule has 0 aliphatic heterocycles. The fraction of sp³-hybridized carbons (Fsp3) is 0.455. The molecule has 0 amide bonds. The Morgan fingerprint density at radius 1 is 1.27 bits per heavy atom. The lowest BCUT2D eigenvalue weighted by Crippen LogP contribution is -2.04. The molecule has 0 heterocycles. The smallest absolute Gasteiger partial charge is 0.188 e. The van der Waals surface area contributed by atoms with E-state index in [1.165, 1.54) is 0 Å². The van der Waals surface area contributed by atoms with E-state index in [2.05, 4.69) is 15.9 Å². The molecule has 1 aromatic rings. The van der Waals surface area contributed by atoms with Crippen LogP contribution in [0.1, 0.15) is 12.5 Å². The molecule has 3 nitrogen and oxygen atoms in total. The first-order chi connectivity index (χ1) is 7.33. The van der Waals surface area contributed by atoms with Crippen LogP contribution >= 0.6 is 15.9 Å². The third kappa shape index (κ3) is 3.39. The molecule has 0 aliphatic carbocycles. The molecule has 84 valence electrons. The van der Waals surface area contributed by atoms with Crippen molar-refractivity contribution < 1.29 is 14.2 Å². The molecule has 0 aromatic heterocycles. The molecular formula is C11H15BrO3. The molecular weight excluding hydrogens is 260 g/mol. The fourth-order valence-corrected chi connectivity index (χ4v) is 1.66. The lowest BCUT2D eigenvalue weighted by molar-refractivity contribution is 0.0481. The standard InChI is InChI=1S/C11H15BrO3/c1-3-14-10-6-4-5-9(7-12)11(10)15-8-13-2/h4-6H,3,7-8H2,1-2H3. The Balaban J connectivity index is 2.92. The van der Waals surface area contributed by atoms with Crippen molar-refractivity contribution in [2.75, 3.05) is 20.5 Å². The summed E-state index contributed by atoms with van der Waals surface area (Å²) in [4.78, 5) is 0. The lowest BCUT2D eigenvalue weighted by Gasteiger charge is -2.14. The second-order valence-corrected chi connectivity index (χ2v) is 3.42. The Labute approximate surface area is 98.5 Å². The van der Waals surface area contributed by atoms with Crippen LogP contribution in [0.5, 0.6) is 11.5 Å². The molecule has 0 saturated carbocycles. The number of hydrogen-bond donors (Lipinski definition) is 0. The van der Waals surface area contributed by atoms with Gasteiger partial charge in [0.25, 0.3) is 0 Å². The maximum atomic E-state index is 5.48. The summed E-state index contributed by atoms with van der Waals surface area (Å²) in [5.74, 6) is 1.50. The van der Waals surface area contributed by atoms with Gasteiger partial charge in [-0.3, -0.25) is 0 Å². The normalized spacial score (nSPS) is 10.1. The van der Waals surface area contributed by atoms with Gasteiger partial charge in [0.15, 0.2) is 18.3 Å². The van der Waals surface area contributed by atoms with Crippen molar-refractivity contribution in [3.8, 4) is 11.5 Å². The first-order valence-corrected chi connectivity index (χ1v) is 5.88. The highest BCUT2D eigenvalue weighted by molar-refractivity contribution is 9.08. The molecule has 0 atom stereocenters. The monoisotopic (exact) mass is 274 g/mol. The number of para-hydroxylation sites is 1. The van der Waals surface area contributed by atoms with Crippen molar-refractivity contribution in [1.29, 1.82) is 0 Å². The minimum atomic E-state index is 0.226. The van der Waals surface area contributed by atoms with Crippen LogP contribution in [-0.2, 0) is 10.1 Å². The van der Waals surface area contributed by atoms with E-state index >= 15 is 0 Å². The van der Waals surface area contributed by atoms with Gasteiger partial charge in [-0.05, 0) is 13.0 Å². The highest BCUT2D eigenvalue weighted by Gasteiger charge is 2.09. The fourth-order valence-electron chi connectivity index (χ4n) is 1.22. The number of rotatable bonds is 6. The molecule has 0 saturated heterocycles. The van der Waals surface area contributed by atoms with E-state index in [0.29, 0.717) is 6.61 Å². The van der Waals surface area contributed by atoms with Crippen molar-refractivity contribution in [3.63, 3.8) is 0 Å². The second-order valence-electron chi connectivity index (χ2n) is 2.86. The minimum absolute atomic E-state index is 0.226. The van der Waals surface area contributed by atoms with E-state index in [1.807, 2.05) is 25.1 Å². The quantitative estimate of drug-likeness (QED) is 0.590. The number of halogens is 1.